The summed E-state index contributed by atoms with van der Waals surface area (Å²) in [6.07, 6.45) is -2.88. The summed E-state index contributed by atoms with van der Waals surface area (Å²) in [6, 6.07) is 0. The first-order valence-corrected chi connectivity index (χ1v) is 4.62. The van der Waals surface area contributed by atoms with Gasteiger partial charge in [0.25, 0.3) is 13.0 Å². The van der Waals surface area contributed by atoms with Crippen molar-refractivity contribution in [1.82, 2.24) is 10.2 Å². The minimum absolute atomic E-state index is 0.00273. The minimum atomic E-state index is -3.22. The predicted molar refractivity (Wildman–Crippen MR) is 45.5 cm³/mol. The van der Waals surface area contributed by atoms with Gasteiger partial charge in [0, 0.05) is 0 Å². The molecule has 0 spiro atoms. The number of hydrogen-bond donors (Lipinski definition) is 1. The average molecular weight is 232 g/mol. The lowest BCUT2D eigenvalue weighted by Crippen LogP contribution is -2.14. The molecule has 1 N–H and O–H groups in total. The van der Waals surface area contributed by atoms with Gasteiger partial charge in [-0.1, -0.05) is 4.85 Å². The highest BCUT2D eigenvalue weighted by Crippen LogP contribution is 2.72. The van der Waals surface area contributed by atoms with Crippen LogP contribution in [0.1, 0.15) is 29.8 Å². The molecule has 2 aliphatic carbocycles. The van der Waals surface area contributed by atoms with E-state index in [1.165, 1.54) is 0 Å². The number of nitrogens with one attached hydrogen (secondary N) is 1. The third-order valence-electron chi connectivity index (χ3n) is 3.36. The van der Waals surface area contributed by atoms with Crippen molar-refractivity contribution in [2.45, 2.75) is 24.3 Å². The number of nitrogens with zero attached hydrogens (tertiary/aromatic N) is 2. The van der Waals surface area contributed by atoms with E-state index in [2.05, 4.69) is 9.94 Å². The van der Waals surface area contributed by atoms with Crippen LogP contribution in [0.2, 0.25) is 0 Å². The average Bonchev–Trinajstić information content (AvgIpc) is 2.73. The molecule has 84 valence electrons. The van der Waals surface area contributed by atoms with Crippen LogP contribution in [-0.2, 0) is 11.5 Å². The maximum atomic E-state index is 13.6. The van der Waals surface area contributed by atoms with E-state index in [0.29, 0.717) is 0 Å². The fourth-order valence-corrected chi connectivity index (χ4v) is 2.52. The Morgan fingerprint density at radius 2 is 2.19 bits per heavy atom. The normalized spacial score (nSPS) is 33.4. The molecule has 0 aliphatic heterocycles. The summed E-state index contributed by atoms with van der Waals surface area (Å²) in [5, 5.41) is 5.23. The molecule has 3 nitrogen and oxygen atoms in total. The van der Waals surface area contributed by atoms with Gasteiger partial charge >= 0.3 is 11.5 Å². The zero-order valence-electron chi connectivity index (χ0n) is 7.85. The molecule has 3 rings (SSSR count). The van der Waals surface area contributed by atoms with E-state index in [1.807, 2.05) is 5.10 Å². The van der Waals surface area contributed by atoms with Crippen LogP contribution in [-0.4, -0.2) is 10.2 Å². The molecule has 1 fully saturated rings. The molecule has 16 heavy (non-hydrogen) atoms. The molecule has 0 aromatic carbocycles. The van der Waals surface area contributed by atoms with Gasteiger partial charge in [-0.3, -0.25) is 5.10 Å². The Balaban J connectivity index is 2.26. The van der Waals surface area contributed by atoms with Gasteiger partial charge in [-0.15, -0.1) is 0 Å². The summed E-state index contributed by atoms with van der Waals surface area (Å²) >= 11 is 0. The first-order chi connectivity index (χ1) is 7.45. The van der Waals surface area contributed by atoms with Gasteiger partial charge in [0.15, 0.2) is 0 Å². The molecule has 2 aliphatic rings. The van der Waals surface area contributed by atoms with E-state index in [1.54, 1.807) is 0 Å². The van der Waals surface area contributed by atoms with E-state index in [-0.39, 0.29) is 12.0 Å². The zero-order valence-corrected chi connectivity index (χ0v) is 7.85. The molecule has 2 atom stereocenters. The van der Waals surface area contributed by atoms with E-state index in [0.717, 1.165) is 0 Å². The molecule has 1 aromatic heterocycles. The largest absolute Gasteiger partial charge is 0.319 e. The van der Waals surface area contributed by atoms with Gasteiger partial charge in [-0.05, 0) is 0 Å². The number of aromatic amines is 1. The van der Waals surface area contributed by atoms with Crippen molar-refractivity contribution in [3.8, 4) is 6.57 Å². The number of alkyl halides is 4. The molecule has 0 saturated heterocycles. The Hall–Kier alpha value is -1.58. The third-order valence-corrected chi connectivity index (χ3v) is 3.36. The van der Waals surface area contributed by atoms with Crippen LogP contribution in [0.5, 0.6) is 0 Å². The van der Waals surface area contributed by atoms with Crippen LogP contribution in [0.3, 0.4) is 0 Å². The summed E-state index contributed by atoms with van der Waals surface area (Å²) < 4.78 is 52.5. The number of hydrogen-bond acceptors (Lipinski definition) is 1. The van der Waals surface area contributed by atoms with Gasteiger partial charge in [0.2, 0.25) is 0 Å². The summed E-state index contributed by atoms with van der Waals surface area (Å²) in [4.78, 5) is 3.37. The molecule has 0 radical (unpaired) electrons. The predicted octanol–water partition coefficient (Wildman–Crippen LogP) is 2.63. The van der Waals surface area contributed by atoms with Crippen LogP contribution >= 0.6 is 0 Å². The Bertz CT molecular complexity index is 515. The van der Waals surface area contributed by atoms with Crippen LogP contribution in [0, 0.1) is 12.5 Å². The number of aromatic nitrogens is 2. The van der Waals surface area contributed by atoms with Crippen molar-refractivity contribution >= 4 is 0 Å². The highest BCUT2D eigenvalue weighted by Gasteiger charge is 2.85. The zero-order chi connectivity index (χ0) is 11.7. The highest BCUT2D eigenvalue weighted by atomic mass is 19.3. The number of H-pyrrole nitrogens is 1. The lowest BCUT2D eigenvalue weighted by atomic mass is 10.1. The Labute approximate surface area is 87.3 Å². The smallest absolute Gasteiger partial charge is 0.276 e. The van der Waals surface area contributed by atoms with E-state index >= 15 is 0 Å². The summed E-state index contributed by atoms with van der Waals surface area (Å²) in [6.45, 7) is 5.08. The standard InChI is InChI=1S/C9H6F4N3/c1-14-8-2-3(8)9(12,13)6-4(8)5(7(10)11)15-16-6/h1,3,7H,2H2,(H,15,16)/q+1/t3-,8-/m1/s1. The molecule has 7 heteroatoms. The van der Waals surface area contributed by atoms with E-state index in [4.69, 9.17) is 6.57 Å². The number of fused-ring (bicyclic) bond motifs is 3. The Morgan fingerprint density at radius 1 is 1.50 bits per heavy atom. The number of halogens is 4. The topological polar surface area (TPSA) is 33.0 Å². The van der Waals surface area contributed by atoms with Gasteiger partial charge in [0.05, 0.1) is 12.0 Å². The van der Waals surface area contributed by atoms with Gasteiger partial charge < -0.3 is 0 Å². The molecule has 1 aromatic rings. The second-order valence-electron chi connectivity index (χ2n) is 4.09. The van der Waals surface area contributed by atoms with Crippen LogP contribution in [0.15, 0.2) is 0 Å². The fraction of sp³-hybridized carbons (Fsp3) is 0.556. The quantitative estimate of drug-likeness (QED) is 0.742. The Morgan fingerprint density at radius 3 is 2.75 bits per heavy atom. The Kier molecular flexibility index (Phi) is 1.44. The van der Waals surface area contributed by atoms with Crippen LogP contribution < -0.4 is 0 Å². The maximum Gasteiger partial charge on any atom is 0.319 e. The number of rotatable bonds is 1. The van der Waals surface area contributed by atoms with Crippen molar-refractivity contribution in [3.05, 3.63) is 21.8 Å². The van der Waals surface area contributed by atoms with Crippen LogP contribution in [0.4, 0.5) is 17.6 Å². The first-order valence-electron chi connectivity index (χ1n) is 4.62. The molecule has 0 unspecified atom stereocenters. The van der Waals surface area contributed by atoms with Crippen molar-refractivity contribution in [3.63, 3.8) is 0 Å². The monoisotopic (exact) mass is 232 g/mol. The molecule has 1 saturated carbocycles. The van der Waals surface area contributed by atoms with Gasteiger partial charge in [0.1, 0.15) is 17.3 Å². The minimum Gasteiger partial charge on any atom is -0.276 e. The second-order valence-corrected chi connectivity index (χ2v) is 4.09. The van der Waals surface area contributed by atoms with Crippen LogP contribution in [0.25, 0.3) is 4.85 Å². The summed E-state index contributed by atoms with van der Waals surface area (Å²) in [5.41, 5.74) is -2.78. The van der Waals surface area contributed by atoms with Gasteiger partial charge in [-0.25, -0.2) is 8.78 Å². The van der Waals surface area contributed by atoms with E-state index in [9.17, 15) is 17.6 Å². The third kappa shape index (κ3) is 0.785. The summed E-state index contributed by atoms with van der Waals surface area (Å²) in [5.74, 6) is -4.34. The maximum absolute atomic E-state index is 13.6. The molecular weight excluding hydrogens is 226 g/mol. The van der Waals surface area contributed by atoms with E-state index < -0.39 is 35.2 Å². The second kappa shape index (κ2) is 2.39. The molecule has 1 heterocycles. The summed E-state index contributed by atoms with van der Waals surface area (Å²) in [7, 11) is 0. The SMILES string of the molecule is C#[N+][C@]12C[C@H]1C(F)(F)c1n[nH]c(C(F)F)c12. The molecule has 0 amide bonds. The lowest BCUT2D eigenvalue weighted by molar-refractivity contribution is -0.0288. The fourth-order valence-electron chi connectivity index (χ4n) is 2.52. The van der Waals surface area contributed by atoms with Crippen molar-refractivity contribution in [2.75, 3.05) is 0 Å². The molecular formula is C9H6F4N3+. The van der Waals surface area contributed by atoms with Gasteiger partial charge in [-0.2, -0.15) is 13.9 Å². The van der Waals surface area contributed by atoms with Crippen molar-refractivity contribution in [2.24, 2.45) is 5.92 Å². The lowest BCUT2D eigenvalue weighted by Gasteiger charge is -2.06. The molecule has 0 bridgehead atoms. The van der Waals surface area contributed by atoms with Crippen molar-refractivity contribution < 1.29 is 17.6 Å². The van der Waals surface area contributed by atoms with Crippen molar-refractivity contribution in [1.29, 1.82) is 0 Å². The first kappa shape index (κ1) is 9.63. The highest BCUT2D eigenvalue weighted by molar-refractivity contribution is 5.53.